The highest BCUT2D eigenvalue weighted by Gasteiger charge is 2.17. The molecule has 0 radical (unpaired) electrons. The van der Waals surface area contributed by atoms with Crippen LogP contribution in [0.5, 0.6) is 11.5 Å². The zero-order valence-corrected chi connectivity index (χ0v) is 21.8. The van der Waals surface area contributed by atoms with Crippen molar-refractivity contribution in [3.05, 3.63) is 94.5 Å². The third-order valence-electron chi connectivity index (χ3n) is 6.46. The van der Waals surface area contributed by atoms with Gasteiger partial charge < -0.3 is 19.4 Å². The van der Waals surface area contributed by atoms with Crippen LogP contribution in [0.1, 0.15) is 16.2 Å². The fourth-order valence-corrected chi connectivity index (χ4v) is 5.09. The first-order valence-electron chi connectivity index (χ1n) is 11.6. The van der Waals surface area contributed by atoms with Crippen molar-refractivity contribution >= 4 is 50.5 Å². The summed E-state index contributed by atoms with van der Waals surface area (Å²) in [5, 5.41) is 4.72. The summed E-state index contributed by atoms with van der Waals surface area (Å²) in [6.45, 7) is 0. The van der Waals surface area contributed by atoms with E-state index < -0.39 is 0 Å². The average molecular weight is 543 g/mol. The van der Waals surface area contributed by atoms with Crippen LogP contribution < -0.4 is 9.47 Å². The van der Waals surface area contributed by atoms with E-state index in [-0.39, 0.29) is 5.78 Å². The van der Waals surface area contributed by atoms with Crippen LogP contribution in [0.2, 0.25) is 10.0 Å². The second-order valence-electron chi connectivity index (χ2n) is 8.66. The van der Waals surface area contributed by atoms with Crippen molar-refractivity contribution in [2.24, 2.45) is 0 Å². The van der Waals surface area contributed by atoms with Crippen molar-refractivity contribution in [3.63, 3.8) is 0 Å². The molecule has 0 unspecified atom stereocenters. The fourth-order valence-electron chi connectivity index (χ4n) is 4.47. The number of nitrogens with one attached hydrogen (secondary N) is 2. The number of H-pyrrole nitrogens is 2. The Morgan fingerprint density at radius 3 is 1.55 bits per heavy atom. The van der Waals surface area contributed by atoms with E-state index >= 15 is 0 Å². The maximum Gasteiger partial charge on any atom is 0.228 e. The number of imidazole rings is 2. The molecule has 0 bridgehead atoms. The van der Waals surface area contributed by atoms with Crippen molar-refractivity contribution in [3.8, 4) is 34.3 Å². The third kappa shape index (κ3) is 4.06. The van der Waals surface area contributed by atoms with Crippen LogP contribution in [0.15, 0.2) is 73.1 Å². The molecule has 0 amide bonds. The van der Waals surface area contributed by atoms with Crippen molar-refractivity contribution in [2.45, 2.75) is 0 Å². The number of hydrogen-bond acceptors (Lipinski definition) is 5. The summed E-state index contributed by atoms with van der Waals surface area (Å²) in [5.74, 6) is 2.13. The molecular weight excluding hydrogens is 523 g/mol. The van der Waals surface area contributed by atoms with Crippen molar-refractivity contribution in [2.75, 3.05) is 14.2 Å². The minimum Gasteiger partial charge on any atom is -0.495 e. The highest BCUT2D eigenvalue weighted by molar-refractivity contribution is 6.37. The lowest BCUT2D eigenvalue weighted by Crippen LogP contribution is -2.02. The lowest BCUT2D eigenvalue weighted by atomic mass is 10.1. The van der Waals surface area contributed by atoms with Crippen LogP contribution in [-0.4, -0.2) is 39.9 Å². The first-order chi connectivity index (χ1) is 18.5. The summed E-state index contributed by atoms with van der Waals surface area (Å²) in [6, 6.07) is 19.1. The molecule has 0 spiro atoms. The Hall–Kier alpha value is -4.33. The lowest BCUT2D eigenvalue weighted by molar-refractivity contribution is 0.103. The predicted molar refractivity (Wildman–Crippen MR) is 150 cm³/mol. The monoisotopic (exact) mass is 542 g/mol. The Bertz CT molecular complexity index is 1720. The zero-order chi connectivity index (χ0) is 26.4. The van der Waals surface area contributed by atoms with Crippen molar-refractivity contribution in [1.29, 1.82) is 0 Å². The normalized spacial score (nSPS) is 11.3. The first-order valence-corrected chi connectivity index (χ1v) is 12.4. The number of ether oxygens (including phenoxy) is 2. The Labute approximate surface area is 227 Å². The molecule has 38 heavy (non-hydrogen) atoms. The molecule has 2 N–H and O–H groups in total. The van der Waals surface area contributed by atoms with Crippen LogP contribution in [0.3, 0.4) is 0 Å². The number of nitrogens with zero attached hydrogens (tertiary/aromatic N) is 2. The van der Waals surface area contributed by atoms with Crippen LogP contribution >= 0.6 is 23.2 Å². The van der Waals surface area contributed by atoms with Gasteiger partial charge in [-0.2, -0.15) is 0 Å². The minimum atomic E-state index is -0.246. The van der Waals surface area contributed by atoms with Gasteiger partial charge in [-0.1, -0.05) is 59.6 Å². The molecule has 0 aliphatic heterocycles. The van der Waals surface area contributed by atoms with E-state index in [1.165, 1.54) is 12.4 Å². The molecule has 6 rings (SSSR count). The van der Waals surface area contributed by atoms with E-state index in [4.69, 9.17) is 32.7 Å². The van der Waals surface area contributed by atoms with Gasteiger partial charge in [0.25, 0.3) is 0 Å². The summed E-state index contributed by atoms with van der Waals surface area (Å²) < 4.78 is 10.6. The molecule has 0 fully saturated rings. The van der Waals surface area contributed by atoms with Crippen LogP contribution in [0.25, 0.3) is 44.3 Å². The molecule has 2 heterocycles. The lowest BCUT2D eigenvalue weighted by Gasteiger charge is -2.07. The average Bonchev–Trinajstić information content (AvgIpc) is 3.64. The number of carbonyl (C=O) groups is 1. The maximum absolute atomic E-state index is 13.2. The summed E-state index contributed by atoms with van der Waals surface area (Å²) in [7, 11) is 3.17. The van der Waals surface area contributed by atoms with E-state index in [1.54, 1.807) is 14.2 Å². The maximum atomic E-state index is 13.2. The van der Waals surface area contributed by atoms with Gasteiger partial charge >= 0.3 is 0 Å². The van der Waals surface area contributed by atoms with E-state index in [1.807, 2.05) is 60.7 Å². The second kappa shape index (κ2) is 9.52. The molecule has 2 aromatic heterocycles. The van der Waals surface area contributed by atoms with Gasteiger partial charge in [-0.25, -0.2) is 9.97 Å². The number of benzene rings is 4. The van der Waals surface area contributed by atoms with Crippen LogP contribution in [0, 0.1) is 0 Å². The fraction of sp³-hybridized carbons (Fsp3) is 0.0690. The number of carbonyl (C=O) groups excluding carboxylic acids is 1. The minimum absolute atomic E-state index is 0.246. The number of ketones is 1. The van der Waals surface area contributed by atoms with Gasteiger partial charge in [0.15, 0.2) is 0 Å². The molecule has 0 aliphatic rings. The van der Waals surface area contributed by atoms with Gasteiger partial charge in [0.2, 0.25) is 5.78 Å². The summed E-state index contributed by atoms with van der Waals surface area (Å²) >= 11 is 12.9. The van der Waals surface area contributed by atoms with E-state index in [0.717, 1.165) is 32.7 Å². The van der Waals surface area contributed by atoms with E-state index in [0.29, 0.717) is 44.6 Å². The molecule has 9 heteroatoms. The summed E-state index contributed by atoms with van der Waals surface area (Å²) in [4.78, 5) is 28.3. The third-order valence-corrected chi connectivity index (χ3v) is 7.24. The van der Waals surface area contributed by atoms with Crippen molar-refractivity contribution in [1.82, 2.24) is 19.9 Å². The highest BCUT2D eigenvalue weighted by atomic mass is 35.5. The first kappa shape index (κ1) is 24.0. The Morgan fingerprint density at radius 1 is 0.684 bits per heavy atom. The smallest absolute Gasteiger partial charge is 0.228 e. The Kier molecular flexibility index (Phi) is 6.02. The molecule has 0 aliphatic carbocycles. The number of hydrogen-bond donors (Lipinski definition) is 2. The van der Waals surface area contributed by atoms with Gasteiger partial charge in [-0.3, -0.25) is 4.79 Å². The number of fused-ring (bicyclic) bond motifs is 2. The molecule has 188 valence electrons. The largest absolute Gasteiger partial charge is 0.495 e. The van der Waals surface area contributed by atoms with Gasteiger partial charge in [0.05, 0.1) is 36.7 Å². The molecule has 6 aromatic rings. The quantitative estimate of drug-likeness (QED) is 0.215. The van der Waals surface area contributed by atoms with E-state index in [9.17, 15) is 4.79 Å². The predicted octanol–water partition coefficient (Wildman–Crippen LogP) is 7.33. The van der Waals surface area contributed by atoms with Crippen LogP contribution in [0.4, 0.5) is 0 Å². The molecule has 0 saturated carbocycles. The standard InChI is InChI=1S/C29H20Cl2N4O3/c1-37-23-9-5-15-11-17(3-7-19(15)25(23)30)28-32-13-21(34-28)27(36)22-14-33-29(35-22)18-4-8-20-16(12-18)6-10-24(38-2)26(20)31/h3-14H,1-2H3,(H,32,34)(H,33,35). The number of rotatable bonds is 6. The zero-order valence-electron chi connectivity index (χ0n) is 20.3. The Balaban J connectivity index is 1.27. The summed E-state index contributed by atoms with van der Waals surface area (Å²) in [6.07, 6.45) is 3.05. The number of aromatic nitrogens is 4. The van der Waals surface area contributed by atoms with Gasteiger partial charge in [-0.15, -0.1) is 0 Å². The van der Waals surface area contributed by atoms with Gasteiger partial charge in [-0.05, 0) is 35.0 Å². The SMILES string of the molecule is COc1ccc2cc(-c3ncc(C(=O)c4cnc(-c5ccc6c(Cl)c(OC)ccc6c5)[nH]4)[nH]3)ccc2c1Cl. The Morgan fingerprint density at radius 2 is 1.13 bits per heavy atom. The molecule has 7 nitrogen and oxygen atoms in total. The number of methoxy groups -OCH3 is 2. The van der Waals surface area contributed by atoms with Gasteiger partial charge in [0.1, 0.15) is 34.5 Å². The highest BCUT2D eigenvalue weighted by Crippen LogP contribution is 2.35. The number of aromatic amines is 2. The second-order valence-corrected chi connectivity index (χ2v) is 9.41. The van der Waals surface area contributed by atoms with Crippen molar-refractivity contribution < 1.29 is 14.3 Å². The van der Waals surface area contributed by atoms with E-state index in [2.05, 4.69) is 19.9 Å². The number of halogens is 2. The summed E-state index contributed by atoms with van der Waals surface area (Å²) in [5.41, 5.74) is 2.35. The molecule has 0 atom stereocenters. The molecular formula is C29H20Cl2N4O3. The molecule has 0 saturated heterocycles. The topological polar surface area (TPSA) is 92.9 Å². The van der Waals surface area contributed by atoms with Crippen LogP contribution in [-0.2, 0) is 0 Å². The van der Waals surface area contributed by atoms with Gasteiger partial charge in [0, 0.05) is 21.9 Å². The molecule has 4 aromatic carbocycles.